The van der Waals surface area contributed by atoms with Gasteiger partial charge in [-0.15, -0.1) is 0 Å². The van der Waals surface area contributed by atoms with Gasteiger partial charge in [-0.3, -0.25) is 14.4 Å². The number of nitrogens with zero attached hydrogens (tertiary/aromatic N) is 1. The lowest BCUT2D eigenvalue weighted by atomic mass is 9.96. The fraction of sp³-hybridized carbons (Fsp3) is 0.300. The molecule has 0 unspecified atom stereocenters. The van der Waals surface area contributed by atoms with Gasteiger partial charge in [-0.25, -0.2) is 18.0 Å². The summed E-state index contributed by atoms with van der Waals surface area (Å²) >= 11 is 6.36. The van der Waals surface area contributed by atoms with Crippen molar-refractivity contribution in [2.45, 2.75) is 49.6 Å². The average Bonchev–Trinajstić information content (AvgIpc) is 2.99. The van der Waals surface area contributed by atoms with E-state index >= 15 is 0 Å². The topological polar surface area (TPSA) is 131 Å². The van der Waals surface area contributed by atoms with E-state index < -0.39 is 34.5 Å². The summed E-state index contributed by atoms with van der Waals surface area (Å²) in [5.74, 6) is -1.45. The fourth-order valence-corrected chi connectivity index (χ4v) is 6.64. The molecular formula is C30H32ClN3O7S. The third kappa shape index (κ3) is 7.80. The Labute approximate surface area is 250 Å². The zero-order chi connectivity index (χ0) is 30.1. The number of carbonyl (C=O) groups excluding carboxylic acids is 3. The Morgan fingerprint density at radius 2 is 1.64 bits per heavy atom. The van der Waals surface area contributed by atoms with E-state index in [1.54, 1.807) is 48.5 Å². The molecule has 0 radical (unpaired) electrons. The molecule has 3 aromatic carbocycles. The summed E-state index contributed by atoms with van der Waals surface area (Å²) in [6, 6.07) is 18.6. The highest BCUT2D eigenvalue weighted by molar-refractivity contribution is 7.93. The highest BCUT2D eigenvalue weighted by Crippen LogP contribution is 2.36. The van der Waals surface area contributed by atoms with Crippen LogP contribution in [0.15, 0.2) is 77.7 Å². The lowest BCUT2D eigenvalue weighted by Crippen LogP contribution is -2.46. The number of hydrogen-bond donors (Lipinski definition) is 2. The minimum Gasteiger partial charge on any atom is -0.495 e. The number of para-hydroxylation sites is 2. The first-order chi connectivity index (χ1) is 20.2. The van der Waals surface area contributed by atoms with Crippen LogP contribution in [0.4, 0.5) is 10.5 Å². The van der Waals surface area contributed by atoms with Crippen LogP contribution in [0.5, 0.6) is 5.75 Å². The van der Waals surface area contributed by atoms with E-state index in [4.69, 9.17) is 21.1 Å². The summed E-state index contributed by atoms with van der Waals surface area (Å²) < 4.78 is 39.8. The van der Waals surface area contributed by atoms with Gasteiger partial charge in [-0.2, -0.15) is 0 Å². The Morgan fingerprint density at radius 3 is 2.36 bits per heavy atom. The first-order valence-electron chi connectivity index (χ1n) is 13.5. The molecule has 3 aromatic rings. The van der Waals surface area contributed by atoms with Crippen LogP contribution in [-0.2, 0) is 26.1 Å². The number of methoxy groups -OCH3 is 1. The number of anilines is 1. The number of benzene rings is 3. The van der Waals surface area contributed by atoms with E-state index in [2.05, 4.69) is 10.6 Å². The van der Waals surface area contributed by atoms with Crippen molar-refractivity contribution >= 4 is 45.2 Å². The van der Waals surface area contributed by atoms with Crippen molar-refractivity contribution in [1.82, 2.24) is 10.6 Å². The number of halogens is 1. The van der Waals surface area contributed by atoms with Crippen LogP contribution >= 0.6 is 11.6 Å². The molecule has 2 N–H and O–H groups in total. The van der Waals surface area contributed by atoms with Crippen molar-refractivity contribution in [3.63, 3.8) is 0 Å². The maximum Gasteiger partial charge on any atom is 0.338 e. The molecular weight excluding hydrogens is 582 g/mol. The zero-order valence-corrected chi connectivity index (χ0v) is 24.6. The van der Waals surface area contributed by atoms with E-state index in [0.29, 0.717) is 11.3 Å². The molecule has 0 atom stereocenters. The van der Waals surface area contributed by atoms with Gasteiger partial charge in [0, 0.05) is 6.04 Å². The van der Waals surface area contributed by atoms with Gasteiger partial charge in [0.15, 0.2) is 6.61 Å². The second-order valence-corrected chi connectivity index (χ2v) is 12.0. The highest BCUT2D eigenvalue weighted by Gasteiger charge is 2.30. The number of imide groups is 1. The van der Waals surface area contributed by atoms with Crippen LogP contribution in [0.3, 0.4) is 0 Å². The Hall–Kier alpha value is -4.09. The van der Waals surface area contributed by atoms with Crippen LogP contribution in [0.2, 0.25) is 5.02 Å². The van der Waals surface area contributed by atoms with Gasteiger partial charge in [-0.1, -0.05) is 73.3 Å². The summed E-state index contributed by atoms with van der Waals surface area (Å²) in [4.78, 5) is 36.8. The zero-order valence-electron chi connectivity index (χ0n) is 23.0. The second-order valence-electron chi connectivity index (χ2n) is 9.75. The SMILES string of the molecule is COc1ccccc1N(Cc1ccccc1)S(=O)(=O)c1cc(C(=O)OCC(=O)NC(=O)NC2CCCCC2)ccc1Cl. The molecule has 10 nitrogen and oxygen atoms in total. The van der Waals surface area contributed by atoms with Gasteiger partial charge < -0.3 is 14.8 Å². The molecule has 1 fully saturated rings. The predicted octanol–water partition coefficient (Wildman–Crippen LogP) is 5.06. The summed E-state index contributed by atoms with van der Waals surface area (Å²) in [7, 11) is -2.92. The number of sulfonamides is 1. The smallest absolute Gasteiger partial charge is 0.338 e. The summed E-state index contributed by atoms with van der Waals surface area (Å²) in [5.41, 5.74) is 0.838. The maximum atomic E-state index is 14.1. The lowest BCUT2D eigenvalue weighted by molar-refractivity contribution is -0.123. The molecule has 0 spiro atoms. The molecule has 0 bridgehead atoms. The van der Waals surface area contributed by atoms with Crippen LogP contribution in [0, 0.1) is 0 Å². The molecule has 0 aromatic heterocycles. The number of amides is 3. The standard InChI is InChI=1S/C30H32ClN3O7S/c1-40-26-15-9-8-14-25(26)34(19-21-10-4-2-5-11-21)42(38,39)27-18-22(16-17-24(27)31)29(36)41-20-28(35)33-30(37)32-23-12-6-3-7-13-23/h2,4-5,8-11,14-18,23H,3,6-7,12-13,19-20H2,1H3,(H2,32,33,35,37). The molecule has 0 aliphatic heterocycles. The second kappa shape index (κ2) is 14.2. The van der Waals surface area contributed by atoms with E-state index in [9.17, 15) is 22.8 Å². The van der Waals surface area contributed by atoms with Crippen LogP contribution < -0.4 is 19.7 Å². The van der Waals surface area contributed by atoms with Gasteiger partial charge in [0.1, 0.15) is 10.6 Å². The van der Waals surface area contributed by atoms with Gasteiger partial charge >= 0.3 is 12.0 Å². The molecule has 1 aliphatic carbocycles. The quantitative estimate of drug-likeness (QED) is 0.306. The number of ether oxygens (including phenoxy) is 2. The predicted molar refractivity (Wildman–Crippen MR) is 158 cm³/mol. The normalized spacial score (nSPS) is 13.6. The largest absolute Gasteiger partial charge is 0.495 e. The maximum absolute atomic E-state index is 14.1. The van der Waals surface area contributed by atoms with Crippen molar-refractivity contribution in [2.24, 2.45) is 0 Å². The number of rotatable bonds is 10. The molecule has 4 rings (SSSR count). The third-order valence-corrected chi connectivity index (χ3v) is 9.03. The van der Waals surface area contributed by atoms with E-state index in [1.165, 1.54) is 19.2 Å². The lowest BCUT2D eigenvalue weighted by Gasteiger charge is -2.26. The Morgan fingerprint density at radius 1 is 0.952 bits per heavy atom. The first-order valence-corrected chi connectivity index (χ1v) is 15.3. The van der Waals surface area contributed by atoms with E-state index in [1.807, 2.05) is 6.07 Å². The monoisotopic (exact) mass is 613 g/mol. The number of carbonyl (C=O) groups is 3. The number of esters is 1. The summed E-state index contributed by atoms with van der Waals surface area (Å²) in [6.45, 7) is -0.777. The minimum atomic E-state index is -4.35. The Kier molecular flexibility index (Phi) is 10.4. The van der Waals surface area contributed by atoms with Crippen molar-refractivity contribution < 1.29 is 32.3 Å². The molecule has 42 heavy (non-hydrogen) atoms. The van der Waals surface area contributed by atoms with Crippen molar-refractivity contribution in [3.05, 3.63) is 88.9 Å². The van der Waals surface area contributed by atoms with Gasteiger partial charge in [-0.05, 0) is 48.7 Å². The fourth-order valence-electron chi connectivity index (χ4n) is 4.68. The highest BCUT2D eigenvalue weighted by atomic mass is 35.5. The molecule has 0 heterocycles. The molecule has 12 heteroatoms. The Bertz CT molecular complexity index is 1530. The number of hydrogen-bond acceptors (Lipinski definition) is 7. The van der Waals surface area contributed by atoms with Crippen LogP contribution in [-0.4, -0.2) is 46.1 Å². The van der Waals surface area contributed by atoms with Gasteiger partial charge in [0.25, 0.3) is 15.9 Å². The first kappa shape index (κ1) is 30.9. The minimum absolute atomic E-state index is 0.000785. The summed E-state index contributed by atoms with van der Waals surface area (Å²) in [5, 5.41) is 4.77. The Balaban J connectivity index is 1.51. The molecule has 0 saturated heterocycles. The van der Waals surface area contributed by atoms with Crippen LogP contribution in [0.25, 0.3) is 0 Å². The van der Waals surface area contributed by atoms with Gasteiger partial charge in [0.2, 0.25) is 0 Å². The van der Waals surface area contributed by atoms with E-state index in [0.717, 1.165) is 42.5 Å². The molecule has 222 valence electrons. The van der Waals surface area contributed by atoms with Gasteiger partial charge in [0.05, 0.1) is 29.9 Å². The molecule has 3 amide bonds. The van der Waals surface area contributed by atoms with E-state index in [-0.39, 0.29) is 33.8 Å². The molecule has 1 aliphatic rings. The number of urea groups is 1. The summed E-state index contributed by atoms with van der Waals surface area (Å²) in [6.07, 6.45) is 4.83. The van der Waals surface area contributed by atoms with Crippen molar-refractivity contribution in [3.8, 4) is 5.75 Å². The third-order valence-electron chi connectivity index (χ3n) is 6.79. The van der Waals surface area contributed by atoms with Crippen molar-refractivity contribution in [1.29, 1.82) is 0 Å². The average molecular weight is 614 g/mol. The molecule has 1 saturated carbocycles. The number of nitrogens with one attached hydrogen (secondary N) is 2. The van der Waals surface area contributed by atoms with Crippen LogP contribution in [0.1, 0.15) is 48.0 Å². The van der Waals surface area contributed by atoms with Crippen molar-refractivity contribution in [2.75, 3.05) is 18.0 Å².